The predicted molar refractivity (Wildman–Crippen MR) is 99.9 cm³/mol. The zero-order valence-corrected chi connectivity index (χ0v) is 16.1. The van der Waals surface area contributed by atoms with E-state index in [1.54, 1.807) is 6.07 Å². The van der Waals surface area contributed by atoms with Crippen LogP contribution in [0.25, 0.3) is 11.5 Å². The number of anilines is 1. The lowest BCUT2D eigenvalue weighted by molar-refractivity contribution is -0.274. The minimum absolute atomic E-state index is 0.206. The summed E-state index contributed by atoms with van der Waals surface area (Å²) in [7, 11) is 0. The summed E-state index contributed by atoms with van der Waals surface area (Å²) in [6.07, 6.45) is -3.20. The van der Waals surface area contributed by atoms with Gasteiger partial charge in [0.15, 0.2) is 0 Å². The van der Waals surface area contributed by atoms with Gasteiger partial charge in [0.05, 0.1) is 12.1 Å². The van der Waals surface area contributed by atoms with E-state index < -0.39 is 6.36 Å². The molecule has 1 aromatic heterocycles. The molecule has 0 fully saturated rings. The van der Waals surface area contributed by atoms with Gasteiger partial charge in [-0.1, -0.05) is 12.1 Å². The summed E-state index contributed by atoms with van der Waals surface area (Å²) in [5.41, 5.74) is 2.45. The first kappa shape index (κ1) is 18.8. The number of halogens is 4. The molecule has 2 aromatic carbocycles. The highest BCUT2D eigenvalue weighted by Gasteiger charge is 2.31. The van der Waals surface area contributed by atoms with Gasteiger partial charge in [-0.2, -0.15) is 0 Å². The van der Waals surface area contributed by atoms with Crippen molar-refractivity contribution in [3.05, 3.63) is 58.4 Å². The average molecular weight is 454 g/mol. The molecule has 0 amide bonds. The molecule has 9 heteroatoms. The molecule has 146 valence electrons. The molecule has 0 unspecified atom stereocenters. The lowest BCUT2D eigenvalue weighted by atomic mass is 10.0. The molecule has 0 radical (unpaired) electrons. The van der Waals surface area contributed by atoms with Gasteiger partial charge in [0.2, 0.25) is 11.8 Å². The molecule has 0 bridgehead atoms. The van der Waals surface area contributed by atoms with Crippen molar-refractivity contribution in [3.63, 3.8) is 0 Å². The van der Waals surface area contributed by atoms with Crippen molar-refractivity contribution in [1.29, 1.82) is 0 Å². The Hall–Kier alpha value is -2.55. The highest BCUT2D eigenvalue weighted by Crippen LogP contribution is 2.34. The van der Waals surface area contributed by atoms with Crippen molar-refractivity contribution in [2.24, 2.45) is 0 Å². The Morgan fingerprint density at radius 1 is 1.14 bits per heavy atom. The molecule has 1 aliphatic rings. The van der Waals surface area contributed by atoms with Gasteiger partial charge in [0.25, 0.3) is 0 Å². The molecule has 0 spiro atoms. The van der Waals surface area contributed by atoms with Gasteiger partial charge in [0.1, 0.15) is 5.75 Å². The fourth-order valence-electron chi connectivity index (χ4n) is 3.24. The second kappa shape index (κ2) is 7.46. The quantitative estimate of drug-likeness (QED) is 0.532. The van der Waals surface area contributed by atoms with Crippen LogP contribution in [0, 0.1) is 0 Å². The fourth-order valence-corrected chi connectivity index (χ4v) is 3.69. The van der Waals surface area contributed by atoms with Gasteiger partial charge in [-0.25, -0.2) is 0 Å². The second-order valence-electron chi connectivity index (χ2n) is 6.34. The Bertz CT molecular complexity index is 991. The van der Waals surface area contributed by atoms with E-state index in [4.69, 9.17) is 4.42 Å². The summed E-state index contributed by atoms with van der Waals surface area (Å²) in [5, 5.41) is 8.22. The van der Waals surface area contributed by atoms with Gasteiger partial charge in [-0.15, -0.1) is 23.4 Å². The molecule has 0 saturated carbocycles. The van der Waals surface area contributed by atoms with Crippen molar-refractivity contribution in [2.45, 2.75) is 25.7 Å². The van der Waals surface area contributed by atoms with Crippen LogP contribution >= 0.6 is 15.9 Å². The fraction of sp³-hybridized carbons (Fsp3) is 0.263. The first-order valence-electron chi connectivity index (χ1n) is 8.60. The van der Waals surface area contributed by atoms with E-state index in [0.29, 0.717) is 24.7 Å². The molecule has 2 heterocycles. The Labute approximate surface area is 167 Å². The monoisotopic (exact) mass is 453 g/mol. The number of aromatic nitrogens is 2. The van der Waals surface area contributed by atoms with E-state index in [1.807, 2.05) is 29.2 Å². The summed E-state index contributed by atoms with van der Waals surface area (Å²) in [6, 6.07) is 11.9. The van der Waals surface area contributed by atoms with Crippen LogP contribution in [0.1, 0.15) is 17.9 Å². The lowest BCUT2D eigenvalue weighted by Crippen LogP contribution is -2.29. The highest BCUT2D eigenvalue weighted by atomic mass is 79.9. The maximum atomic E-state index is 12.4. The zero-order chi connectivity index (χ0) is 19.7. The molecule has 5 nitrogen and oxygen atoms in total. The molecule has 0 saturated heterocycles. The van der Waals surface area contributed by atoms with Crippen LogP contribution in [0.3, 0.4) is 0 Å². The smallest absolute Gasteiger partial charge is 0.419 e. The minimum atomic E-state index is -4.70. The third-order valence-electron chi connectivity index (χ3n) is 4.40. The molecule has 3 aromatic rings. The summed E-state index contributed by atoms with van der Waals surface area (Å²) >= 11 is 3.46. The standard InChI is InChI=1S/C19H15BrF3N3O2/c20-15-6-2-1-5-14(15)18-25-24-17(27-18)11-26-9-3-4-12-10-13(7-8-16(12)26)28-19(21,22)23/h1-2,5-8,10H,3-4,9,11H2. The molecule has 4 rings (SSSR count). The van der Waals surface area contributed by atoms with Crippen molar-refractivity contribution < 1.29 is 22.3 Å². The number of rotatable bonds is 4. The largest absolute Gasteiger partial charge is 0.573 e. The van der Waals surface area contributed by atoms with Crippen molar-refractivity contribution in [2.75, 3.05) is 11.4 Å². The summed E-state index contributed by atoms with van der Waals surface area (Å²) in [4.78, 5) is 2.02. The number of hydrogen-bond donors (Lipinski definition) is 0. The molecule has 0 aliphatic carbocycles. The van der Waals surface area contributed by atoms with E-state index in [-0.39, 0.29) is 5.75 Å². The van der Waals surface area contributed by atoms with Crippen molar-refractivity contribution in [1.82, 2.24) is 10.2 Å². The first-order valence-corrected chi connectivity index (χ1v) is 9.39. The third kappa shape index (κ3) is 4.14. The maximum absolute atomic E-state index is 12.4. The van der Waals surface area contributed by atoms with Crippen LogP contribution in [0.2, 0.25) is 0 Å². The van der Waals surface area contributed by atoms with Crippen LogP contribution in [-0.4, -0.2) is 23.1 Å². The predicted octanol–water partition coefficient (Wildman–Crippen LogP) is 5.35. The molecule has 28 heavy (non-hydrogen) atoms. The topological polar surface area (TPSA) is 51.4 Å². The summed E-state index contributed by atoms with van der Waals surface area (Å²) in [5.74, 6) is 0.643. The molecule has 0 atom stereocenters. The van der Waals surface area contributed by atoms with Gasteiger partial charge in [0, 0.05) is 16.7 Å². The average Bonchev–Trinajstić information content (AvgIpc) is 3.09. The van der Waals surface area contributed by atoms with Crippen LogP contribution < -0.4 is 9.64 Å². The van der Waals surface area contributed by atoms with E-state index in [9.17, 15) is 13.2 Å². The summed E-state index contributed by atoms with van der Waals surface area (Å²) < 4.78 is 48.0. The summed E-state index contributed by atoms with van der Waals surface area (Å²) in [6.45, 7) is 1.13. The second-order valence-corrected chi connectivity index (χ2v) is 7.20. The van der Waals surface area contributed by atoms with Crippen LogP contribution in [-0.2, 0) is 13.0 Å². The molecular formula is C19H15BrF3N3O2. The normalized spacial score (nSPS) is 14.1. The van der Waals surface area contributed by atoms with E-state index >= 15 is 0 Å². The maximum Gasteiger partial charge on any atom is 0.573 e. The number of hydrogen-bond acceptors (Lipinski definition) is 5. The molecular weight excluding hydrogens is 439 g/mol. The minimum Gasteiger partial charge on any atom is -0.419 e. The lowest BCUT2D eigenvalue weighted by Gasteiger charge is -2.30. The number of fused-ring (bicyclic) bond motifs is 1. The van der Waals surface area contributed by atoms with Gasteiger partial charge in [-0.05, 0) is 64.7 Å². The first-order chi connectivity index (χ1) is 13.4. The number of benzene rings is 2. The Kier molecular flexibility index (Phi) is 5.01. The van der Waals surface area contributed by atoms with E-state index in [1.165, 1.54) is 12.1 Å². The van der Waals surface area contributed by atoms with Gasteiger partial charge >= 0.3 is 6.36 Å². The number of alkyl halides is 3. The molecule has 1 aliphatic heterocycles. The Morgan fingerprint density at radius 3 is 2.75 bits per heavy atom. The highest BCUT2D eigenvalue weighted by molar-refractivity contribution is 9.10. The van der Waals surface area contributed by atoms with Gasteiger partial charge < -0.3 is 14.1 Å². The SMILES string of the molecule is FC(F)(F)Oc1ccc2c(c1)CCCN2Cc1nnc(-c2ccccc2Br)o1. The molecule has 0 N–H and O–H groups in total. The number of nitrogens with zero attached hydrogens (tertiary/aromatic N) is 3. The van der Waals surface area contributed by atoms with E-state index in [2.05, 4.69) is 30.9 Å². The van der Waals surface area contributed by atoms with E-state index in [0.717, 1.165) is 34.3 Å². The van der Waals surface area contributed by atoms with Crippen molar-refractivity contribution >= 4 is 21.6 Å². The van der Waals surface area contributed by atoms with Crippen LogP contribution in [0.5, 0.6) is 5.75 Å². The number of aryl methyl sites for hydroxylation is 1. The number of ether oxygens (including phenoxy) is 1. The van der Waals surface area contributed by atoms with Crippen molar-refractivity contribution in [3.8, 4) is 17.2 Å². The Morgan fingerprint density at radius 2 is 1.96 bits per heavy atom. The van der Waals surface area contributed by atoms with Crippen LogP contribution in [0.15, 0.2) is 51.4 Å². The Balaban J connectivity index is 1.54. The third-order valence-corrected chi connectivity index (χ3v) is 5.09. The van der Waals surface area contributed by atoms with Gasteiger partial charge in [-0.3, -0.25) is 0 Å². The zero-order valence-electron chi connectivity index (χ0n) is 14.5. The van der Waals surface area contributed by atoms with Crippen LogP contribution in [0.4, 0.5) is 18.9 Å².